The summed E-state index contributed by atoms with van der Waals surface area (Å²) < 4.78 is 0. The number of aromatic hydroxyl groups is 1. The average Bonchev–Trinajstić information content (AvgIpc) is 2.60. The molecular weight excluding hydrogens is 214 g/mol. The monoisotopic (exact) mass is 232 g/mol. The van der Waals surface area contributed by atoms with Crippen LogP contribution in [0.25, 0.3) is 0 Å². The topological polar surface area (TPSA) is 58.6 Å². The highest BCUT2D eigenvalue weighted by molar-refractivity contribution is 5.85. The molecule has 2 rings (SSSR count). The van der Waals surface area contributed by atoms with E-state index in [-0.39, 0.29) is 5.75 Å². The van der Waals surface area contributed by atoms with Gasteiger partial charge in [0.2, 0.25) is 0 Å². The van der Waals surface area contributed by atoms with Crippen LogP contribution in [0.5, 0.6) is 5.75 Å². The highest BCUT2D eigenvalue weighted by atomic mass is 16.3. The zero-order chi connectivity index (χ0) is 11.9. The fraction of sp³-hybridized carbons (Fsp3) is 0.385. The number of amidine groups is 1. The third-order valence-electron chi connectivity index (χ3n) is 2.78. The van der Waals surface area contributed by atoms with E-state index in [2.05, 4.69) is 15.5 Å². The molecule has 90 valence electrons. The van der Waals surface area contributed by atoms with E-state index in [0.717, 1.165) is 18.8 Å². The number of hydrazone groups is 1. The van der Waals surface area contributed by atoms with Crippen molar-refractivity contribution >= 4 is 12.1 Å². The molecule has 0 aliphatic carbocycles. The number of para-hydroxylation sites is 1. The summed E-state index contributed by atoms with van der Waals surface area (Å²) in [4.78, 5) is 3.31. The van der Waals surface area contributed by atoms with Gasteiger partial charge in [0.25, 0.3) is 5.84 Å². The van der Waals surface area contributed by atoms with Gasteiger partial charge in [-0.3, -0.25) is 4.99 Å². The minimum absolute atomic E-state index is 0.247. The Bertz CT molecular complexity index is 426. The first-order valence-corrected chi connectivity index (χ1v) is 6.03. The maximum atomic E-state index is 9.55. The number of nitrogens with zero attached hydrogens (tertiary/aromatic N) is 1. The largest absolute Gasteiger partial charge is 0.507 e. The van der Waals surface area contributed by atoms with Crippen LogP contribution in [0.1, 0.15) is 31.2 Å². The second kappa shape index (κ2) is 6.03. The summed E-state index contributed by atoms with van der Waals surface area (Å²) in [7, 11) is 0. The molecule has 1 aliphatic heterocycles. The standard InChI is InChI=1S/C13H17N3O/c17-12-7-4-3-6-11(12)10-15-16-13-8-2-1-5-9-14-13/h3-4,6-7,10,17H,1-2,5,8-9H2,(H,14,16)/p+1. The lowest BCUT2D eigenvalue weighted by atomic mass is 10.2. The molecule has 0 spiro atoms. The van der Waals surface area contributed by atoms with Crippen LogP contribution in [0.3, 0.4) is 0 Å². The van der Waals surface area contributed by atoms with Crippen molar-refractivity contribution in [1.29, 1.82) is 0 Å². The van der Waals surface area contributed by atoms with Crippen molar-refractivity contribution in [3.05, 3.63) is 29.8 Å². The molecule has 0 fully saturated rings. The Morgan fingerprint density at radius 3 is 3.00 bits per heavy atom. The Balaban J connectivity index is 1.93. The molecule has 0 atom stereocenters. The fourth-order valence-electron chi connectivity index (χ4n) is 1.80. The molecule has 0 bridgehead atoms. The van der Waals surface area contributed by atoms with Crippen molar-refractivity contribution in [2.24, 2.45) is 5.10 Å². The van der Waals surface area contributed by atoms with E-state index in [1.165, 1.54) is 19.3 Å². The van der Waals surface area contributed by atoms with Gasteiger partial charge in [-0.2, -0.15) is 5.43 Å². The van der Waals surface area contributed by atoms with Gasteiger partial charge in [-0.25, -0.2) is 0 Å². The number of rotatable bonds is 2. The zero-order valence-electron chi connectivity index (χ0n) is 9.82. The number of hydrogen-bond acceptors (Lipinski definition) is 3. The van der Waals surface area contributed by atoms with Gasteiger partial charge in [-0.1, -0.05) is 17.2 Å². The molecule has 1 aliphatic rings. The molecular formula is C13H18N3O+. The Kier molecular flexibility index (Phi) is 4.13. The van der Waals surface area contributed by atoms with Gasteiger partial charge in [-0.05, 0) is 31.4 Å². The third-order valence-corrected chi connectivity index (χ3v) is 2.78. The number of benzene rings is 1. The Labute approximate surface area is 101 Å². The van der Waals surface area contributed by atoms with Crippen LogP contribution in [-0.4, -0.2) is 23.7 Å². The number of phenols is 1. The van der Waals surface area contributed by atoms with Gasteiger partial charge in [-0.15, -0.1) is 0 Å². The molecule has 3 N–H and O–H groups in total. The van der Waals surface area contributed by atoms with Crippen LogP contribution in [0.2, 0.25) is 0 Å². The Morgan fingerprint density at radius 1 is 1.24 bits per heavy atom. The molecule has 4 nitrogen and oxygen atoms in total. The quantitative estimate of drug-likeness (QED) is 0.509. The first kappa shape index (κ1) is 11.6. The molecule has 0 saturated carbocycles. The van der Waals surface area contributed by atoms with Gasteiger partial charge in [0.1, 0.15) is 5.75 Å². The molecule has 4 heteroatoms. The maximum Gasteiger partial charge on any atom is 0.267 e. The SMILES string of the molecule is Oc1ccccc1C=NNC1=[NH+]CCCCC1. The van der Waals surface area contributed by atoms with Crippen molar-refractivity contribution in [3.63, 3.8) is 0 Å². The second-order valence-corrected chi connectivity index (χ2v) is 4.14. The van der Waals surface area contributed by atoms with Crippen molar-refractivity contribution in [1.82, 2.24) is 5.43 Å². The van der Waals surface area contributed by atoms with Gasteiger partial charge < -0.3 is 5.11 Å². The van der Waals surface area contributed by atoms with Crippen LogP contribution in [0, 0.1) is 0 Å². The molecule has 0 saturated heterocycles. The van der Waals surface area contributed by atoms with Crippen LogP contribution in [-0.2, 0) is 0 Å². The first-order valence-electron chi connectivity index (χ1n) is 6.03. The van der Waals surface area contributed by atoms with Crippen LogP contribution in [0.4, 0.5) is 0 Å². The van der Waals surface area contributed by atoms with Crippen molar-refractivity contribution in [2.75, 3.05) is 6.54 Å². The van der Waals surface area contributed by atoms with Gasteiger partial charge in [0.05, 0.1) is 19.2 Å². The average molecular weight is 232 g/mol. The lowest BCUT2D eigenvalue weighted by molar-refractivity contribution is -0.459. The van der Waals surface area contributed by atoms with E-state index in [1.807, 2.05) is 12.1 Å². The van der Waals surface area contributed by atoms with E-state index >= 15 is 0 Å². The van der Waals surface area contributed by atoms with E-state index in [1.54, 1.807) is 18.3 Å². The predicted molar refractivity (Wildman–Crippen MR) is 68.1 cm³/mol. The summed E-state index contributed by atoms with van der Waals surface area (Å²) in [5.74, 6) is 1.31. The molecule has 1 heterocycles. The summed E-state index contributed by atoms with van der Waals surface area (Å²) >= 11 is 0. The second-order valence-electron chi connectivity index (χ2n) is 4.14. The molecule has 0 amide bonds. The summed E-state index contributed by atoms with van der Waals surface area (Å²) in [5.41, 5.74) is 3.72. The smallest absolute Gasteiger partial charge is 0.267 e. The Hall–Kier alpha value is -1.84. The first-order chi connectivity index (χ1) is 8.36. The van der Waals surface area contributed by atoms with Crippen LogP contribution >= 0.6 is 0 Å². The van der Waals surface area contributed by atoms with E-state index in [0.29, 0.717) is 5.56 Å². The van der Waals surface area contributed by atoms with Gasteiger partial charge in [0, 0.05) is 5.56 Å². The third kappa shape index (κ3) is 3.59. The van der Waals surface area contributed by atoms with Crippen LogP contribution < -0.4 is 10.4 Å². The van der Waals surface area contributed by atoms with Gasteiger partial charge >= 0.3 is 0 Å². The van der Waals surface area contributed by atoms with Gasteiger partial charge in [0.15, 0.2) is 0 Å². The number of hydrogen-bond donors (Lipinski definition) is 3. The minimum atomic E-state index is 0.247. The van der Waals surface area contributed by atoms with E-state index in [4.69, 9.17) is 0 Å². The normalized spacial score (nSPS) is 16.6. The summed E-state index contributed by atoms with van der Waals surface area (Å²) in [5, 5.41) is 13.7. The van der Waals surface area contributed by atoms with Crippen LogP contribution in [0.15, 0.2) is 29.4 Å². The lowest BCUT2D eigenvalue weighted by Gasteiger charge is -1.96. The number of nitrogens with one attached hydrogen (secondary N) is 2. The van der Waals surface area contributed by atoms with E-state index < -0.39 is 0 Å². The fourth-order valence-corrected chi connectivity index (χ4v) is 1.80. The predicted octanol–water partition coefficient (Wildman–Crippen LogP) is 0.369. The molecule has 0 aromatic heterocycles. The van der Waals surface area contributed by atoms with E-state index in [9.17, 15) is 5.11 Å². The summed E-state index contributed by atoms with van der Waals surface area (Å²) in [6.45, 7) is 1.01. The molecule has 1 aromatic rings. The minimum Gasteiger partial charge on any atom is -0.507 e. The number of phenolic OH excluding ortho intramolecular Hbond substituents is 1. The van der Waals surface area contributed by atoms with Crippen molar-refractivity contribution in [2.45, 2.75) is 25.7 Å². The molecule has 0 radical (unpaired) electrons. The molecule has 17 heavy (non-hydrogen) atoms. The highest BCUT2D eigenvalue weighted by Crippen LogP contribution is 2.12. The van der Waals surface area contributed by atoms with Crippen molar-refractivity contribution in [3.8, 4) is 5.75 Å². The summed E-state index contributed by atoms with van der Waals surface area (Å²) in [6, 6.07) is 7.14. The molecule has 1 aromatic carbocycles. The zero-order valence-corrected chi connectivity index (χ0v) is 9.82. The maximum absolute atomic E-state index is 9.55. The molecule has 0 unspecified atom stereocenters. The lowest BCUT2D eigenvalue weighted by Crippen LogP contribution is -2.75. The summed E-state index contributed by atoms with van der Waals surface area (Å²) in [6.07, 6.45) is 6.32. The highest BCUT2D eigenvalue weighted by Gasteiger charge is 2.08. The Morgan fingerprint density at radius 2 is 2.12 bits per heavy atom. The van der Waals surface area contributed by atoms with Crippen molar-refractivity contribution < 1.29 is 10.1 Å².